The summed E-state index contributed by atoms with van der Waals surface area (Å²) < 4.78 is 0. The molecule has 0 bridgehead atoms. The molecule has 1 rings (SSSR count). The van der Waals surface area contributed by atoms with E-state index < -0.39 is 0 Å². The average molecular weight is 192 g/mol. The van der Waals surface area contributed by atoms with Crippen molar-refractivity contribution in [3.8, 4) is 5.75 Å². The summed E-state index contributed by atoms with van der Waals surface area (Å²) in [4.78, 5) is 11.8. The van der Waals surface area contributed by atoms with E-state index in [4.69, 9.17) is 0 Å². The molecule has 0 radical (unpaired) electrons. The van der Waals surface area contributed by atoms with Gasteiger partial charge in [-0.1, -0.05) is 32.4 Å². The molecule has 0 spiro atoms. The van der Waals surface area contributed by atoms with E-state index in [9.17, 15) is 9.90 Å². The number of benzene rings is 1. The molecule has 1 N–H and O–H groups in total. The van der Waals surface area contributed by atoms with Crippen molar-refractivity contribution in [3.63, 3.8) is 0 Å². The van der Waals surface area contributed by atoms with E-state index >= 15 is 0 Å². The van der Waals surface area contributed by atoms with E-state index in [0.717, 1.165) is 12.8 Å². The van der Waals surface area contributed by atoms with Crippen LogP contribution in [0.1, 0.15) is 37.0 Å². The van der Waals surface area contributed by atoms with Gasteiger partial charge < -0.3 is 5.11 Å². The third-order valence-corrected chi connectivity index (χ3v) is 2.34. The minimum absolute atomic E-state index is 0.00620. The average Bonchev–Trinajstić information content (AvgIpc) is 2.18. The van der Waals surface area contributed by atoms with Crippen LogP contribution < -0.4 is 0 Å². The molecule has 1 unspecified atom stereocenters. The second-order valence-corrected chi connectivity index (χ2v) is 3.57. The zero-order chi connectivity index (χ0) is 10.6. The minimum Gasteiger partial charge on any atom is -0.507 e. The number of hydrogen-bond acceptors (Lipinski definition) is 2. The van der Waals surface area contributed by atoms with Gasteiger partial charge in [0.2, 0.25) is 0 Å². The largest absolute Gasteiger partial charge is 0.507 e. The predicted octanol–water partition coefficient (Wildman–Crippen LogP) is 3.01. The Hall–Kier alpha value is -1.31. The molecular weight excluding hydrogens is 176 g/mol. The lowest BCUT2D eigenvalue weighted by molar-refractivity contribution is 0.0921. The SMILES string of the molecule is CCCC(C)C(=O)c1ccccc1O. The zero-order valence-corrected chi connectivity index (χ0v) is 8.66. The highest BCUT2D eigenvalue weighted by atomic mass is 16.3. The number of carbonyl (C=O) groups excluding carboxylic acids is 1. The number of Topliss-reactive ketones (excluding diaryl/α,β-unsaturated/α-hetero) is 1. The number of rotatable bonds is 4. The fraction of sp³-hybridized carbons (Fsp3) is 0.417. The van der Waals surface area contributed by atoms with Crippen LogP contribution in [-0.2, 0) is 0 Å². The molecule has 0 saturated heterocycles. The Morgan fingerprint density at radius 3 is 2.64 bits per heavy atom. The number of carbonyl (C=O) groups is 1. The number of phenols is 1. The maximum Gasteiger partial charge on any atom is 0.169 e. The zero-order valence-electron chi connectivity index (χ0n) is 8.66. The van der Waals surface area contributed by atoms with Crippen molar-refractivity contribution in [2.45, 2.75) is 26.7 Å². The van der Waals surface area contributed by atoms with Crippen LogP contribution in [0.3, 0.4) is 0 Å². The van der Waals surface area contributed by atoms with Gasteiger partial charge in [0, 0.05) is 5.92 Å². The van der Waals surface area contributed by atoms with E-state index in [0.29, 0.717) is 5.56 Å². The second kappa shape index (κ2) is 4.80. The fourth-order valence-electron chi connectivity index (χ4n) is 1.51. The van der Waals surface area contributed by atoms with Gasteiger partial charge >= 0.3 is 0 Å². The molecule has 0 fully saturated rings. The van der Waals surface area contributed by atoms with Gasteiger partial charge in [-0.05, 0) is 18.6 Å². The summed E-state index contributed by atoms with van der Waals surface area (Å²) in [6.45, 7) is 3.95. The van der Waals surface area contributed by atoms with Crippen LogP contribution >= 0.6 is 0 Å². The van der Waals surface area contributed by atoms with Gasteiger partial charge in [0.25, 0.3) is 0 Å². The van der Waals surface area contributed by atoms with Crippen LogP contribution in [0.25, 0.3) is 0 Å². The number of para-hydroxylation sites is 1. The highest BCUT2D eigenvalue weighted by Crippen LogP contribution is 2.21. The Balaban J connectivity index is 2.84. The maximum atomic E-state index is 11.8. The molecular formula is C12H16O2. The van der Waals surface area contributed by atoms with Crippen LogP contribution in [0.2, 0.25) is 0 Å². The van der Waals surface area contributed by atoms with Crippen molar-refractivity contribution in [1.82, 2.24) is 0 Å². The first kappa shape index (κ1) is 10.8. The third kappa shape index (κ3) is 2.34. The lowest BCUT2D eigenvalue weighted by Crippen LogP contribution is -2.10. The van der Waals surface area contributed by atoms with Gasteiger partial charge in [0.05, 0.1) is 5.56 Å². The van der Waals surface area contributed by atoms with Gasteiger partial charge in [-0.15, -0.1) is 0 Å². The van der Waals surface area contributed by atoms with Crippen molar-refractivity contribution >= 4 is 5.78 Å². The maximum absolute atomic E-state index is 11.8. The first-order valence-corrected chi connectivity index (χ1v) is 4.99. The molecule has 1 aromatic carbocycles. The molecule has 2 heteroatoms. The Labute approximate surface area is 84.6 Å². The standard InChI is InChI=1S/C12H16O2/c1-3-6-9(2)12(14)10-7-4-5-8-11(10)13/h4-5,7-9,13H,3,6H2,1-2H3. The van der Waals surface area contributed by atoms with Gasteiger partial charge in [-0.3, -0.25) is 4.79 Å². The fourth-order valence-corrected chi connectivity index (χ4v) is 1.51. The topological polar surface area (TPSA) is 37.3 Å². The van der Waals surface area contributed by atoms with Gasteiger partial charge in [0.1, 0.15) is 5.75 Å². The molecule has 0 aliphatic heterocycles. The minimum atomic E-state index is -0.00620. The summed E-state index contributed by atoms with van der Waals surface area (Å²) in [5, 5.41) is 9.48. The summed E-state index contributed by atoms with van der Waals surface area (Å²) in [5.41, 5.74) is 0.438. The molecule has 1 atom stereocenters. The van der Waals surface area contributed by atoms with Gasteiger partial charge in [0.15, 0.2) is 5.78 Å². The van der Waals surface area contributed by atoms with Gasteiger partial charge in [-0.2, -0.15) is 0 Å². The van der Waals surface area contributed by atoms with Crippen LogP contribution in [0.15, 0.2) is 24.3 Å². The van der Waals surface area contributed by atoms with Crippen molar-refractivity contribution < 1.29 is 9.90 Å². The predicted molar refractivity (Wildman–Crippen MR) is 56.5 cm³/mol. The third-order valence-electron chi connectivity index (χ3n) is 2.34. The van der Waals surface area contributed by atoms with Crippen molar-refractivity contribution in [3.05, 3.63) is 29.8 Å². The first-order chi connectivity index (χ1) is 6.66. The summed E-state index contributed by atoms with van der Waals surface area (Å²) >= 11 is 0. The normalized spacial score (nSPS) is 12.4. The molecule has 14 heavy (non-hydrogen) atoms. The van der Waals surface area contributed by atoms with Crippen molar-refractivity contribution in [2.75, 3.05) is 0 Å². The molecule has 76 valence electrons. The van der Waals surface area contributed by atoms with E-state index in [1.165, 1.54) is 0 Å². The molecule has 1 aromatic rings. The number of ketones is 1. The molecule has 0 aromatic heterocycles. The Bertz CT molecular complexity index is 318. The Morgan fingerprint density at radius 1 is 1.43 bits per heavy atom. The quantitative estimate of drug-likeness (QED) is 0.744. The van der Waals surface area contributed by atoms with Crippen LogP contribution in [-0.4, -0.2) is 10.9 Å². The summed E-state index contributed by atoms with van der Waals surface area (Å²) in [6, 6.07) is 6.71. The summed E-state index contributed by atoms with van der Waals surface area (Å²) in [6.07, 6.45) is 1.85. The Morgan fingerprint density at radius 2 is 2.07 bits per heavy atom. The van der Waals surface area contributed by atoms with E-state index in [-0.39, 0.29) is 17.5 Å². The van der Waals surface area contributed by atoms with E-state index in [1.807, 2.05) is 6.92 Å². The smallest absolute Gasteiger partial charge is 0.169 e. The first-order valence-electron chi connectivity index (χ1n) is 4.99. The highest BCUT2D eigenvalue weighted by molar-refractivity contribution is 5.99. The summed E-state index contributed by atoms with van der Waals surface area (Å²) in [7, 11) is 0. The van der Waals surface area contributed by atoms with Crippen LogP contribution in [0, 0.1) is 5.92 Å². The number of hydrogen-bond donors (Lipinski definition) is 1. The molecule has 0 heterocycles. The van der Waals surface area contributed by atoms with Crippen LogP contribution in [0.4, 0.5) is 0 Å². The number of phenolic OH excluding ortho intramolecular Hbond substituents is 1. The Kier molecular flexibility index (Phi) is 3.69. The molecule has 0 aliphatic rings. The van der Waals surface area contributed by atoms with E-state index in [1.54, 1.807) is 24.3 Å². The summed E-state index contributed by atoms with van der Waals surface area (Å²) in [5.74, 6) is 0.110. The highest BCUT2D eigenvalue weighted by Gasteiger charge is 2.16. The molecule has 0 aliphatic carbocycles. The molecule has 2 nitrogen and oxygen atoms in total. The molecule has 0 saturated carbocycles. The second-order valence-electron chi connectivity index (χ2n) is 3.57. The van der Waals surface area contributed by atoms with Crippen molar-refractivity contribution in [1.29, 1.82) is 0 Å². The lowest BCUT2D eigenvalue weighted by Gasteiger charge is -2.09. The number of aromatic hydroxyl groups is 1. The molecule has 0 amide bonds. The monoisotopic (exact) mass is 192 g/mol. The van der Waals surface area contributed by atoms with Crippen molar-refractivity contribution in [2.24, 2.45) is 5.92 Å². The van der Waals surface area contributed by atoms with Crippen LogP contribution in [0.5, 0.6) is 5.75 Å². The van der Waals surface area contributed by atoms with E-state index in [2.05, 4.69) is 6.92 Å². The van der Waals surface area contributed by atoms with Gasteiger partial charge in [-0.25, -0.2) is 0 Å². The lowest BCUT2D eigenvalue weighted by atomic mass is 9.95.